The van der Waals surface area contributed by atoms with Gasteiger partial charge in [0.05, 0.1) is 0 Å². The summed E-state index contributed by atoms with van der Waals surface area (Å²) in [6, 6.07) is 13.2. The molecule has 0 saturated carbocycles. The van der Waals surface area contributed by atoms with Crippen molar-refractivity contribution >= 4 is 11.4 Å². The average Bonchev–Trinajstić information content (AvgIpc) is 3.06. The maximum atomic E-state index is 11.6. The Morgan fingerprint density at radius 3 is 1.20 bits per heavy atom. The average molecular weight is 517 g/mol. The first-order valence-electron chi connectivity index (χ1n) is 13.3. The summed E-state index contributed by atoms with van der Waals surface area (Å²) in [6.07, 6.45) is 6.57. The summed E-state index contributed by atoms with van der Waals surface area (Å²) in [4.78, 5) is 0. The van der Waals surface area contributed by atoms with Crippen LogP contribution in [0.15, 0.2) is 47.5 Å². The van der Waals surface area contributed by atoms with Crippen molar-refractivity contribution in [2.45, 2.75) is 105 Å². The molecule has 0 spiro atoms. The third kappa shape index (κ3) is 8.01. The third-order valence-corrected chi connectivity index (χ3v) is 7.21. The summed E-state index contributed by atoms with van der Waals surface area (Å²) >= 11 is 1.82. The Bertz CT molecular complexity index is 951. The third-order valence-electron chi connectivity index (χ3n) is 6.23. The molecule has 1 aliphatic rings. The number of benzene rings is 2. The monoisotopic (exact) mass is 516 g/mol. The van der Waals surface area contributed by atoms with E-state index in [1.807, 2.05) is 14.4 Å². The van der Waals surface area contributed by atoms with Crippen LogP contribution in [0.3, 0.4) is 0 Å². The molecule has 3 heteroatoms. The van der Waals surface area contributed by atoms with Crippen LogP contribution in [0.25, 0.3) is 16.9 Å². The van der Waals surface area contributed by atoms with Crippen LogP contribution in [0, 0.1) is 27.7 Å². The minimum absolute atomic E-state index is 0.982. The maximum absolute atomic E-state index is 11.6. The second-order valence-electron chi connectivity index (χ2n) is 9.53. The standard InChI is InChI=1S/C28H36N2.2C2H5.Ni/c1-7-9-11-25-26(12-10-8-2)28(24-17-21(5)14-22(6)18-24)30(29)27(25)23-15-19(3)13-20(4)16-23;2*1-2;/h13-18H,7-12H2,1-6H3;2*1H2,2H3;. The van der Waals surface area contributed by atoms with Gasteiger partial charge in [-0.15, -0.1) is 0 Å². The van der Waals surface area contributed by atoms with Gasteiger partial charge in [-0.25, -0.2) is 4.70 Å². The van der Waals surface area contributed by atoms with Crippen molar-refractivity contribution in [2.75, 3.05) is 0 Å². The molecule has 0 bridgehead atoms. The van der Waals surface area contributed by atoms with Crippen molar-refractivity contribution in [2.24, 2.45) is 0 Å². The predicted octanol–water partition coefficient (Wildman–Crippen LogP) is 10.4. The Labute approximate surface area is 221 Å². The van der Waals surface area contributed by atoms with Crippen LogP contribution in [0.5, 0.6) is 0 Å². The summed E-state index contributed by atoms with van der Waals surface area (Å²) in [5, 5.41) is 2.56. The van der Waals surface area contributed by atoms with Crippen LogP contribution >= 0.6 is 0 Å². The molecule has 0 atom stereocenters. The molecule has 0 N–H and O–H groups in total. The fraction of sp³-hybridized carbons (Fsp3) is 0.500. The number of unbranched alkanes of at least 4 members (excludes halogenated alkanes) is 2. The van der Waals surface area contributed by atoms with Crippen molar-refractivity contribution in [3.8, 4) is 0 Å². The van der Waals surface area contributed by atoms with Gasteiger partial charge in [-0.05, 0) is 77.6 Å². The van der Waals surface area contributed by atoms with Gasteiger partial charge in [0.1, 0.15) is 0 Å². The van der Waals surface area contributed by atoms with E-state index in [2.05, 4.69) is 91.8 Å². The van der Waals surface area contributed by atoms with Gasteiger partial charge < -0.3 is 5.53 Å². The second kappa shape index (κ2) is 14.5. The molecule has 35 heavy (non-hydrogen) atoms. The van der Waals surface area contributed by atoms with Crippen LogP contribution in [0.2, 0.25) is 10.8 Å². The van der Waals surface area contributed by atoms with E-state index in [1.165, 1.54) is 48.9 Å². The molecule has 0 aliphatic carbocycles. The van der Waals surface area contributed by atoms with E-state index < -0.39 is 0 Å². The van der Waals surface area contributed by atoms with E-state index >= 15 is 0 Å². The van der Waals surface area contributed by atoms with E-state index in [9.17, 15) is 5.53 Å². The molecule has 0 amide bonds. The van der Waals surface area contributed by atoms with Crippen molar-refractivity contribution in [1.82, 2.24) is 0 Å². The number of allylic oxidation sites excluding steroid dienone is 2. The molecular formula is C32H46N2Ni. The first-order chi connectivity index (χ1) is 16.8. The molecule has 0 unspecified atom stereocenters. The van der Waals surface area contributed by atoms with Crippen molar-refractivity contribution in [3.05, 3.63) is 86.5 Å². The first kappa shape index (κ1) is 29.2. The van der Waals surface area contributed by atoms with Crippen molar-refractivity contribution < 1.29 is 19.1 Å². The Balaban J connectivity index is 0.000000784. The summed E-state index contributed by atoms with van der Waals surface area (Å²) < 4.78 is 1.50. The molecule has 0 radical (unpaired) electrons. The Hall–Kier alpha value is -1.99. The normalized spacial score (nSPS) is 13.5. The van der Waals surface area contributed by atoms with E-state index in [-0.39, 0.29) is 0 Å². The fourth-order valence-electron chi connectivity index (χ4n) is 4.87. The predicted molar refractivity (Wildman–Crippen MR) is 149 cm³/mol. The van der Waals surface area contributed by atoms with Crippen LogP contribution in [0.1, 0.15) is 99.6 Å². The van der Waals surface area contributed by atoms with Gasteiger partial charge in [0.2, 0.25) is 11.4 Å². The molecule has 194 valence electrons. The Kier molecular flexibility index (Phi) is 12.2. The van der Waals surface area contributed by atoms with Gasteiger partial charge in [-0.1, -0.05) is 61.1 Å². The molecular weight excluding hydrogens is 471 g/mol. The number of nitrogens with zero attached hydrogens (tertiary/aromatic N) is 2. The number of hydrogen-bond acceptors (Lipinski definition) is 0. The van der Waals surface area contributed by atoms with Crippen LogP contribution in [0.4, 0.5) is 0 Å². The zero-order valence-electron chi connectivity index (χ0n) is 23.3. The van der Waals surface area contributed by atoms with Gasteiger partial charge in [-0.3, -0.25) is 0 Å². The Morgan fingerprint density at radius 2 is 0.943 bits per heavy atom. The van der Waals surface area contributed by atoms with E-state index in [1.54, 1.807) is 0 Å². The van der Waals surface area contributed by atoms with E-state index in [0.717, 1.165) is 61.0 Å². The van der Waals surface area contributed by atoms with Crippen LogP contribution in [-0.4, -0.2) is 4.70 Å². The molecule has 2 nitrogen and oxygen atoms in total. The number of aryl methyl sites for hydroxylation is 4. The number of hydrogen-bond donors (Lipinski definition) is 0. The van der Waals surface area contributed by atoms with Gasteiger partial charge >= 0.3 is 39.1 Å². The topological polar surface area (TPSA) is 25.3 Å². The zero-order chi connectivity index (χ0) is 26.0. The van der Waals surface area contributed by atoms with Gasteiger partial charge in [0.15, 0.2) is 0 Å². The molecule has 3 rings (SSSR count). The van der Waals surface area contributed by atoms with Gasteiger partial charge in [-0.2, -0.15) is 0 Å². The van der Waals surface area contributed by atoms with Crippen LogP contribution < -0.4 is 0 Å². The molecule has 0 aromatic heterocycles. The van der Waals surface area contributed by atoms with Crippen molar-refractivity contribution in [1.29, 1.82) is 0 Å². The second-order valence-corrected chi connectivity index (χ2v) is 11.4. The summed E-state index contributed by atoms with van der Waals surface area (Å²) in [7, 11) is 0. The molecule has 1 heterocycles. The summed E-state index contributed by atoms with van der Waals surface area (Å²) in [6.45, 7) is 17.4. The van der Waals surface area contributed by atoms with Gasteiger partial charge in [0, 0.05) is 22.3 Å². The Morgan fingerprint density at radius 1 is 0.600 bits per heavy atom. The summed E-state index contributed by atoms with van der Waals surface area (Å²) in [5.41, 5.74) is 23.4. The van der Waals surface area contributed by atoms with Crippen molar-refractivity contribution in [3.63, 3.8) is 0 Å². The fourth-order valence-corrected chi connectivity index (χ4v) is 5.37. The minimum atomic E-state index is 0.982. The molecule has 0 saturated heterocycles. The van der Waals surface area contributed by atoms with Gasteiger partial charge in [0.25, 0.3) is 0 Å². The van der Waals surface area contributed by atoms with E-state index in [4.69, 9.17) is 0 Å². The number of rotatable bonds is 10. The molecule has 1 aliphatic heterocycles. The molecule has 2 aromatic rings. The summed E-state index contributed by atoms with van der Waals surface area (Å²) in [5.74, 6) is 0. The SMILES string of the molecule is CCCCC1=C(c2cc(C)cc(C)c2)[N+](=[N-])C(c2cc(C)cc(C)c2)=C1CCCC.C[CH2][Ni][CH2]C. The van der Waals surface area contributed by atoms with Crippen LogP contribution in [-0.2, 0) is 14.4 Å². The molecule has 0 fully saturated rings. The zero-order valence-corrected chi connectivity index (χ0v) is 24.3. The van der Waals surface area contributed by atoms with E-state index in [0.29, 0.717) is 0 Å². The molecule has 2 aromatic carbocycles. The quantitative estimate of drug-likeness (QED) is 0.221. The first-order valence-corrected chi connectivity index (χ1v) is 14.7.